The normalized spacial score (nSPS) is 10.8. The SMILES string of the molecule is Cc1cccc2c(=O)n(CC(=O)NCCNC(=O)C(C)C)cnc12. The molecule has 1 aromatic heterocycles. The fraction of sp³-hybridized carbons (Fsp3) is 0.412. The third-order valence-electron chi connectivity index (χ3n) is 3.64. The molecule has 2 amide bonds. The summed E-state index contributed by atoms with van der Waals surface area (Å²) in [7, 11) is 0. The lowest BCUT2D eigenvalue weighted by atomic mass is 10.1. The van der Waals surface area contributed by atoms with Crippen molar-refractivity contribution in [2.45, 2.75) is 27.3 Å². The first-order valence-electron chi connectivity index (χ1n) is 7.89. The summed E-state index contributed by atoms with van der Waals surface area (Å²) >= 11 is 0. The van der Waals surface area contributed by atoms with Gasteiger partial charge in [-0.05, 0) is 18.6 Å². The van der Waals surface area contributed by atoms with Gasteiger partial charge in [0.1, 0.15) is 6.54 Å². The molecule has 1 heterocycles. The second-order valence-corrected chi connectivity index (χ2v) is 5.94. The van der Waals surface area contributed by atoms with E-state index in [1.165, 1.54) is 10.9 Å². The minimum atomic E-state index is -0.301. The molecule has 0 atom stereocenters. The van der Waals surface area contributed by atoms with E-state index in [1.807, 2.05) is 13.0 Å². The van der Waals surface area contributed by atoms with Gasteiger partial charge in [0.25, 0.3) is 5.56 Å². The van der Waals surface area contributed by atoms with Crippen molar-refractivity contribution in [2.24, 2.45) is 5.92 Å². The van der Waals surface area contributed by atoms with Crippen LogP contribution in [0.4, 0.5) is 0 Å². The highest BCUT2D eigenvalue weighted by molar-refractivity contribution is 5.81. The van der Waals surface area contributed by atoms with Crippen molar-refractivity contribution in [3.05, 3.63) is 40.4 Å². The van der Waals surface area contributed by atoms with E-state index in [2.05, 4.69) is 15.6 Å². The molecule has 0 aliphatic heterocycles. The molecule has 128 valence electrons. The largest absolute Gasteiger partial charge is 0.354 e. The second-order valence-electron chi connectivity index (χ2n) is 5.94. The minimum Gasteiger partial charge on any atom is -0.354 e. The van der Waals surface area contributed by atoms with Gasteiger partial charge in [-0.2, -0.15) is 0 Å². The molecule has 0 saturated heterocycles. The van der Waals surface area contributed by atoms with Crippen LogP contribution in [0.2, 0.25) is 0 Å². The molecule has 1 aromatic carbocycles. The molecule has 0 saturated carbocycles. The van der Waals surface area contributed by atoms with E-state index >= 15 is 0 Å². The highest BCUT2D eigenvalue weighted by Crippen LogP contribution is 2.10. The molecule has 0 unspecified atom stereocenters. The van der Waals surface area contributed by atoms with Gasteiger partial charge in [-0.3, -0.25) is 19.0 Å². The Morgan fingerprint density at radius 1 is 1.21 bits per heavy atom. The summed E-state index contributed by atoms with van der Waals surface area (Å²) in [6.45, 7) is 6.05. The summed E-state index contributed by atoms with van der Waals surface area (Å²) in [5.74, 6) is -0.453. The molecule has 7 nitrogen and oxygen atoms in total. The van der Waals surface area contributed by atoms with E-state index in [1.54, 1.807) is 26.0 Å². The van der Waals surface area contributed by atoms with Crippen LogP contribution in [-0.4, -0.2) is 34.5 Å². The summed E-state index contributed by atoms with van der Waals surface area (Å²) < 4.78 is 1.28. The molecule has 2 rings (SSSR count). The zero-order valence-corrected chi connectivity index (χ0v) is 14.1. The molecule has 0 aliphatic carbocycles. The van der Waals surface area contributed by atoms with Crippen molar-refractivity contribution >= 4 is 22.7 Å². The highest BCUT2D eigenvalue weighted by Gasteiger charge is 2.09. The number of amides is 2. The van der Waals surface area contributed by atoms with Crippen molar-refractivity contribution < 1.29 is 9.59 Å². The van der Waals surface area contributed by atoms with E-state index in [0.717, 1.165) is 5.56 Å². The summed E-state index contributed by atoms with van der Waals surface area (Å²) in [6, 6.07) is 5.38. The van der Waals surface area contributed by atoms with Crippen LogP contribution in [0, 0.1) is 12.8 Å². The first-order chi connectivity index (χ1) is 11.4. The average molecular weight is 330 g/mol. The standard InChI is InChI=1S/C17H22N4O3/c1-11(2)16(23)19-8-7-18-14(22)9-21-10-20-15-12(3)5-4-6-13(15)17(21)24/h4-6,10-11H,7-9H2,1-3H3,(H,18,22)(H,19,23). The summed E-state index contributed by atoms with van der Waals surface area (Å²) in [6.07, 6.45) is 1.39. The van der Waals surface area contributed by atoms with Crippen LogP contribution in [0.25, 0.3) is 10.9 Å². The number of nitrogens with zero attached hydrogens (tertiary/aromatic N) is 2. The quantitative estimate of drug-likeness (QED) is 0.758. The lowest BCUT2D eigenvalue weighted by Crippen LogP contribution is -2.38. The van der Waals surface area contributed by atoms with E-state index in [4.69, 9.17) is 0 Å². The molecular weight excluding hydrogens is 308 g/mol. The lowest BCUT2D eigenvalue weighted by molar-refractivity contribution is -0.125. The fourth-order valence-electron chi connectivity index (χ4n) is 2.25. The van der Waals surface area contributed by atoms with Crippen molar-refractivity contribution in [1.82, 2.24) is 20.2 Å². The van der Waals surface area contributed by atoms with E-state index in [-0.39, 0.29) is 29.8 Å². The van der Waals surface area contributed by atoms with Gasteiger partial charge in [-0.15, -0.1) is 0 Å². The number of hydrogen-bond donors (Lipinski definition) is 2. The van der Waals surface area contributed by atoms with Gasteiger partial charge in [0, 0.05) is 19.0 Å². The number of aromatic nitrogens is 2. The van der Waals surface area contributed by atoms with E-state index in [9.17, 15) is 14.4 Å². The predicted molar refractivity (Wildman–Crippen MR) is 91.6 cm³/mol. The molecule has 2 N–H and O–H groups in total. The zero-order valence-electron chi connectivity index (χ0n) is 14.1. The van der Waals surface area contributed by atoms with Gasteiger partial charge in [-0.25, -0.2) is 4.98 Å². The monoisotopic (exact) mass is 330 g/mol. The number of nitrogens with one attached hydrogen (secondary N) is 2. The predicted octanol–water partition coefficient (Wildman–Crippen LogP) is 0.593. The van der Waals surface area contributed by atoms with Crippen LogP contribution < -0.4 is 16.2 Å². The van der Waals surface area contributed by atoms with Crippen LogP contribution in [0.15, 0.2) is 29.3 Å². The van der Waals surface area contributed by atoms with Crippen LogP contribution >= 0.6 is 0 Å². The molecule has 7 heteroatoms. The third kappa shape index (κ3) is 4.18. The van der Waals surface area contributed by atoms with Crippen LogP contribution in [0.1, 0.15) is 19.4 Å². The Balaban J connectivity index is 1.95. The first kappa shape index (κ1) is 17.7. The molecule has 0 bridgehead atoms. The van der Waals surface area contributed by atoms with Gasteiger partial charge in [0.15, 0.2) is 0 Å². The van der Waals surface area contributed by atoms with Crippen molar-refractivity contribution in [3.8, 4) is 0 Å². The Morgan fingerprint density at radius 3 is 2.62 bits per heavy atom. The second kappa shape index (κ2) is 7.72. The van der Waals surface area contributed by atoms with E-state index in [0.29, 0.717) is 24.0 Å². The average Bonchev–Trinajstić information content (AvgIpc) is 2.54. The number of carbonyl (C=O) groups is 2. The highest BCUT2D eigenvalue weighted by atomic mass is 16.2. The Hall–Kier alpha value is -2.70. The van der Waals surface area contributed by atoms with Crippen LogP contribution in [0.5, 0.6) is 0 Å². The smallest absolute Gasteiger partial charge is 0.261 e. The summed E-state index contributed by atoms with van der Waals surface area (Å²) in [4.78, 5) is 40.0. The Bertz CT molecular complexity index is 811. The Labute approximate surface area is 140 Å². The van der Waals surface area contributed by atoms with Crippen molar-refractivity contribution in [3.63, 3.8) is 0 Å². The van der Waals surface area contributed by atoms with Gasteiger partial charge >= 0.3 is 0 Å². The number of para-hydroxylation sites is 1. The number of rotatable bonds is 6. The van der Waals surface area contributed by atoms with Gasteiger partial charge in [0.05, 0.1) is 17.2 Å². The maximum Gasteiger partial charge on any atom is 0.261 e. The minimum absolute atomic E-state index is 0.0606. The van der Waals surface area contributed by atoms with Crippen molar-refractivity contribution in [2.75, 3.05) is 13.1 Å². The fourth-order valence-corrected chi connectivity index (χ4v) is 2.25. The third-order valence-corrected chi connectivity index (χ3v) is 3.64. The molecule has 2 aromatic rings. The van der Waals surface area contributed by atoms with Gasteiger partial charge in [0.2, 0.25) is 11.8 Å². The topological polar surface area (TPSA) is 93.1 Å². The van der Waals surface area contributed by atoms with Crippen molar-refractivity contribution in [1.29, 1.82) is 0 Å². The Kier molecular flexibility index (Phi) is 5.68. The molecule has 0 aliphatic rings. The van der Waals surface area contributed by atoms with Gasteiger partial charge in [-0.1, -0.05) is 26.0 Å². The number of fused-ring (bicyclic) bond motifs is 1. The molecular formula is C17H22N4O3. The maximum atomic E-state index is 12.4. The van der Waals surface area contributed by atoms with E-state index < -0.39 is 0 Å². The molecule has 24 heavy (non-hydrogen) atoms. The summed E-state index contributed by atoms with van der Waals surface area (Å²) in [5.41, 5.74) is 1.32. The molecule has 0 spiro atoms. The number of carbonyl (C=O) groups excluding carboxylic acids is 2. The van der Waals surface area contributed by atoms with Gasteiger partial charge < -0.3 is 10.6 Å². The number of aryl methyl sites for hydroxylation is 1. The number of hydrogen-bond acceptors (Lipinski definition) is 4. The Morgan fingerprint density at radius 2 is 1.92 bits per heavy atom. The van der Waals surface area contributed by atoms with Crippen LogP contribution in [0.3, 0.4) is 0 Å². The number of benzene rings is 1. The van der Waals surface area contributed by atoms with Crippen LogP contribution in [-0.2, 0) is 16.1 Å². The lowest BCUT2D eigenvalue weighted by Gasteiger charge is -2.10. The molecule has 0 radical (unpaired) electrons. The maximum absolute atomic E-state index is 12.4. The zero-order chi connectivity index (χ0) is 17.7. The molecule has 0 fully saturated rings. The first-order valence-corrected chi connectivity index (χ1v) is 7.89. The summed E-state index contributed by atoms with van der Waals surface area (Å²) in [5, 5.41) is 5.87.